The summed E-state index contributed by atoms with van der Waals surface area (Å²) >= 11 is 0. The first-order chi connectivity index (χ1) is 9.00. The zero-order valence-electron chi connectivity index (χ0n) is 10.2. The first-order valence-corrected chi connectivity index (χ1v) is 5.88. The van der Waals surface area contributed by atoms with Crippen molar-refractivity contribution in [3.63, 3.8) is 0 Å². The minimum absolute atomic E-state index is 0.0145. The first-order valence-electron chi connectivity index (χ1n) is 5.88. The number of carbonyl (C=O) groups is 3. The molecular weight excluding hydrogens is 248 g/mol. The molecule has 2 heterocycles. The van der Waals surface area contributed by atoms with Crippen molar-refractivity contribution in [2.75, 3.05) is 6.54 Å². The van der Waals surface area contributed by atoms with Gasteiger partial charge >= 0.3 is 0 Å². The highest BCUT2D eigenvalue weighted by Crippen LogP contribution is 2.19. The highest BCUT2D eigenvalue weighted by molar-refractivity contribution is 5.98. The molecule has 0 aliphatic carbocycles. The van der Waals surface area contributed by atoms with E-state index in [1.807, 2.05) is 0 Å². The van der Waals surface area contributed by atoms with E-state index in [1.54, 1.807) is 0 Å². The van der Waals surface area contributed by atoms with Crippen molar-refractivity contribution in [2.24, 2.45) is 11.5 Å². The van der Waals surface area contributed by atoms with Crippen molar-refractivity contribution in [2.45, 2.75) is 18.9 Å². The minimum atomic E-state index is -0.706. The minimum Gasteiger partial charge on any atom is -0.368 e. The molecule has 1 aliphatic rings. The molecule has 1 aliphatic heterocycles. The number of carbonyl (C=O) groups excluding carboxylic acids is 3. The number of primary amides is 2. The molecule has 0 bridgehead atoms. The summed E-state index contributed by atoms with van der Waals surface area (Å²) in [6.07, 6.45) is 1.27. The fraction of sp³-hybridized carbons (Fsp3) is 0.333. The lowest BCUT2D eigenvalue weighted by Gasteiger charge is -2.21. The number of nitrogens with two attached hydrogens (primary N) is 2. The van der Waals surface area contributed by atoms with Crippen LogP contribution in [0.2, 0.25) is 0 Å². The third-order valence-electron chi connectivity index (χ3n) is 3.06. The predicted octanol–water partition coefficient (Wildman–Crippen LogP) is -0.730. The normalized spacial score (nSPS) is 18.3. The van der Waals surface area contributed by atoms with Gasteiger partial charge in [0.15, 0.2) is 0 Å². The number of likely N-dealkylation sites (tertiary alicyclic amines) is 1. The molecule has 0 radical (unpaired) electrons. The molecule has 1 unspecified atom stereocenters. The van der Waals surface area contributed by atoms with Crippen LogP contribution in [0.3, 0.4) is 0 Å². The van der Waals surface area contributed by atoms with Crippen LogP contribution in [0.1, 0.15) is 33.8 Å². The summed E-state index contributed by atoms with van der Waals surface area (Å²) in [6.45, 7) is 0.453. The van der Waals surface area contributed by atoms with Crippen LogP contribution in [0.25, 0.3) is 0 Å². The van der Waals surface area contributed by atoms with E-state index in [4.69, 9.17) is 11.5 Å². The largest absolute Gasteiger partial charge is 0.368 e. The topological polar surface area (TPSA) is 119 Å². The van der Waals surface area contributed by atoms with Crippen LogP contribution in [0.15, 0.2) is 18.2 Å². The van der Waals surface area contributed by atoms with E-state index in [9.17, 15) is 14.4 Å². The highest BCUT2D eigenvalue weighted by Gasteiger charge is 2.33. The van der Waals surface area contributed by atoms with Crippen molar-refractivity contribution in [3.05, 3.63) is 29.6 Å². The Bertz CT molecular complexity index is 544. The Kier molecular flexibility index (Phi) is 3.46. The van der Waals surface area contributed by atoms with Crippen LogP contribution in [0, 0.1) is 0 Å². The molecular formula is C12H14N4O3. The van der Waals surface area contributed by atoms with Crippen LogP contribution in [0.4, 0.5) is 0 Å². The second kappa shape index (κ2) is 5.05. The van der Waals surface area contributed by atoms with E-state index >= 15 is 0 Å². The summed E-state index contributed by atoms with van der Waals surface area (Å²) in [5, 5.41) is 0. The quantitative estimate of drug-likeness (QED) is 0.746. The van der Waals surface area contributed by atoms with Crippen molar-refractivity contribution in [1.29, 1.82) is 0 Å². The third-order valence-corrected chi connectivity index (χ3v) is 3.06. The summed E-state index contributed by atoms with van der Waals surface area (Å²) in [7, 11) is 0. The van der Waals surface area contributed by atoms with Gasteiger partial charge in [-0.05, 0) is 25.0 Å². The zero-order valence-corrected chi connectivity index (χ0v) is 10.2. The van der Waals surface area contributed by atoms with E-state index in [2.05, 4.69) is 4.98 Å². The van der Waals surface area contributed by atoms with E-state index in [0.717, 1.165) is 6.42 Å². The molecule has 0 aromatic carbocycles. The molecule has 1 aromatic rings. The Morgan fingerprint density at radius 2 is 1.89 bits per heavy atom. The van der Waals surface area contributed by atoms with Crippen LogP contribution < -0.4 is 11.5 Å². The molecule has 1 saturated heterocycles. The van der Waals surface area contributed by atoms with Gasteiger partial charge in [0, 0.05) is 6.54 Å². The summed E-state index contributed by atoms with van der Waals surface area (Å²) in [5.74, 6) is -1.65. The second-order valence-electron chi connectivity index (χ2n) is 4.33. The maximum atomic E-state index is 12.2. The third kappa shape index (κ3) is 2.54. The lowest BCUT2D eigenvalue weighted by molar-refractivity contribution is -0.121. The number of hydrogen-bond donors (Lipinski definition) is 2. The van der Waals surface area contributed by atoms with E-state index < -0.39 is 23.8 Å². The van der Waals surface area contributed by atoms with Crippen LogP contribution >= 0.6 is 0 Å². The maximum Gasteiger partial charge on any atom is 0.273 e. The number of nitrogens with zero attached hydrogens (tertiary/aromatic N) is 2. The lowest BCUT2D eigenvalue weighted by Crippen LogP contribution is -2.44. The Balaban J connectivity index is 2.26. The van der Waals surface area contributed by atoms with Gasteiger partial charge in [0.2, 0.25) is 5.91 Å². The molecule has 4 N–H and O–H groups in total. The van der Waals surface area contributed by atoms with Crippen molar-refractivity contribution in [1.82, 2.24) is 9.88 Å². The van der Waals surface area contributed by atoms with Crippen LogP contribution in [-0.2, 0) is 4.79 Å². The van der Waals surface area contributed by atoms with Gasteiger partial charge in [0.05, 0.1) is 0 Å². The molecule has 7 nitrogen and oxygen atoms in total. The smallest absolute Gasteiger partial charge is 0.273 e. The van der Waals surface area contributed by atoms with Gasteiger partial charge in [0.25, 0.3) is 11.8 Å². The van der Waals surface area contributed by atoms with Crippen molar-refractivity contribution >= 4 is 17.7 Å². The number of rotatable bonds is 3. The average Bonchev–Trinajstić information content (AvgIpc) is 2.87. The standard InChI is InChI=1S/C12H14N4O3/c13-10(17)7-3-1-4-8(15-7)12(19)16-6-2-5-9(16)11(14)18/h1,3-4,9H,2,5-6H2,(H2,13,17)(H2,14,18). The summed E-state index contributed by atoms with van der Waals surface area (Å²) < 4.78 is 0. The Morgan fingerprint density at radius 3 is 2.53 bits per heavy atom. The van der Waals surface area contributed by atoms with Gasteiger partial charge in [-0.25, -0.2) is 4.98 Å². The molecule has 19 heavy (non-hydrogen) atoms. The SMILES string of the molecule is NC(=O)c1cccc(C(=O)N2CCCC2C(N)=O)n1. The number of aromatic nitrogens is 1. The summed E-state index contributed by atoms with van der Waals surface area (Å²) in [4.78, 5) is 39.8. The van der Waals surface area contributed by atoms with E-state index in [-0.39, 0.29) is 11.4 Å². The number of amides is 3. The predicted molar refractivity (Wildman–Crippen MR) is 66.0 cm³/mol. The van der Waals surface area contributed by atoms with Gasteiger partial charge in [-0.3, -0.25) is 14.4 Å². The molecule has 3 amide bonds. The lowest BCUT2D eigenvalue weighted by atomic mass is 10.2. The fourth-order valence-corrected chi connectivity index (χ4v) is 2.14. The van der Waals surface area contributed by atoms with Gasteiger partial charge in [-0.2, -0.15) is 0 Å². The molecule has 1 aromatic heterocycles. The Morgan fingerprint density at radius 1 is 1.21 bits per heavy atom. The molecule has 100 valence electrons. The summed E-state index contributed by atoms with van der Waals surface area (Å²) in [5.41, 5.74) is 10.5. The molecule has 1 atom stereocenters. The van der Waals surface area contributed by atoms with E-state index in [1.165, 1.54) is 23.1 Å². The molecule has 0 spiro atoms. The molecule has 2 rings (SSSR count). The maximum absolute atomic E-state index is 12.2. The molecule has 0 saturated carbocycles. The van der Waals surface area contributed by atoms with Crippen molar-refractivity contribution in [3.8, 4) is 0 Å². The Hall–Kier alpha value is -2.44. The van der Waals surface area contributed by atoms with Gasteiger partial charge in [-0.15, -0.1) is 0 Å². The molecule has 1 fully saturated rings. The van der Waals surface area contributed by atoms with Gasteiger partial charge in [0.1, 0.15) is 17.4 Å². The highest BCUT2D eigenvalue weighted by atomic mass is 16.2. The van der Waals surface area contributed by atoms with Crippen molar-refractivity contribution < 1.29 is 14.4 Å². The second-order valence-corrected chi connectivity index (χ2v) is 4.33. The average molecular weight is 262 g/mol. The van der Waals surface area contributed by atoms with Crippen LogP contribution in [0.5, 0.6) is 0 Å². The van der Waals surface area contributed by atoms with Gasteiger partial charge in [-0.1, -0.05) is 6.07 Å². The first kappa shape index (κ1) is 13.0. The molecule has 7 heteroatoms. The van der Waals surface area contributed by atoms with Crippen LogP contribution in [-0.4, -0.2) is 40.2 Å². The Labute approximate surface area is 109 Å². The van der Waals surface area contributed by atoms with E-state index in [0.29, 0.717) is 13.0 Å². The zero-order chi connectivity index (χ0) is 14.0. The number of hydrogen-bond acceptors (Lipinski definition) is 4. The summed E-state index contributed by atoms with van der Waals surface area (Å²) in [6, 6.07) is 3.82. The van der Waals surface area contributed by atoms with Gasteiger partial charge < -0.3 is 16.4 Å². The fourth-order valence-electron chi connectivity index (χ4n) is 2.14. The monoisotopic (exact) mass is 262 g/mol. The number of pyridine rings is 1.